The van der Waals surface area contributed by atoms with E-state index >= 15 is 0 Å². The van der Waals surface area contributed by atoms with Crippen molar-refractivity contribution in [2.75, 3.05) is 0 Å². The van der Waals surface area contributed by atoms with E-state index in [4.69, 9.17) is 0 Å². The Hall–Kier alpha value is -2.10. The summed E-state index contributed by atoms with van der Waals surface area (Å²) in [4.78, 5) is 11.6. The van der Waals surface area contributed by atoms with Gasteiger partial charge in [-0.1, -0.05) is 19.1 Å². The summed E-state index contributed by atoms with van der Waals surface area (Å²) < 4.78 is 1.45. The van der Waals surface area contributed by atoms with Gasteiger partial charge >= 0.3 is 0 Å². The maximum atomic E-state index is 11.6. The number of rotatable bonds is 3. The van der Waals surface area contributed by atoms with E-state index in [1.807, 2.05) is 26.0 Å². The fraction of sp³-hybridized carbons (Fsp3) is 0.286. The Labute approximate surface area is 106 Å². The number of phenolic OH excluding ortho intramolecular Hbond substituents is 1. The average molecular weight is 244 g/mol. The van der Waals surface area contributed by atoms with Crippen LogP contribution in [0.5, 0.6) is 5.75 Å². The number of aryl methyl sites for hydroxylation is 2. The van der Waals surface area contributed by atoms with Crippen LogP contribution in [0.2, 0.25) is 0 Å². The SMILES string of the molecule is CCCn1nc(-c2ccc(C)c(O)c2)ccc1=O. The van der Waals surface area contributed by atoms with E-state index in [0.29, 0.717) is 12.2 Å². The first-order valence-electron chi connectivity index (χ1n) is 6.00. The maximum absolute atomic E-state index is 11.6. The monoisotopic (exact) mass is 244 g/mol. The predicted octanol–water partition coefficient (Wildman–Crippen LogP) is 2.33. The summed E-state index contributed by atoms with van der Waals surface area (Å²) in [7, 11) is 0. The zero-order valence-corrected chi connectivity index (χ0v) is 10.6. The smallest absolute Gasteiger partial charge is 0.266 e. The van der Waals surface area contributed by atoms with Crippen LogP contribution in [-0.2, 0) is 6.54 Å². The maximum Gasteiger partial charge on any atom is 0.266 e. The largest absolute Gasteiger partial charge is 0.508 e. The van der Waals surface area contributed by atoms with Gasteiger partial charge in [-0.05, 0) is 31.0 Å². The van der Waals surface area contributed by atoms with Crippen LogP contribution in [0.4, 0.5) is 0 Å². The molecule has 0 bridgehead atoms. The van der Waals surface area contributed by atoms with Crippen LogP contribution in [0.15, 0.2) is 35.1 Å². The highest BCUT2D eigenvalue weighted by Gasteiger charge is 2.05. The van der Waals surface area contributed by atoms with Crippen molar-refractivity contribution in [1.29, 1.82) is 0 Å². The van der Waals surface area contributed by atoms with E-state index in [9.17, 15) is 9.90 Å². The molecule has 0 saturated carbocycles. The van der Waals surface area contributed by atoms with E-state index in [0.717, 1.165) is 17.5 Å². The molecule has 1 aromatic carbocycles. The number of aromatic nitrogens is 2. The van der Waals surface area contributed by atoms with Crippen molar-refractivity contribution in [2.24, 2.45) is 0 Å². The van der Waals surface area contributed by atoms with Gasteiger partial charge in [0.2, 0.25) is 0 Å². The molecule has 0 aliphatic heterocycles. The van der Waals surface area contributed by atoms with Crippen LogP contribution in [-0.4, -0.2) is 14.9 Å². The molecule has 4 nitrogen and oxygen atoms in total. The molecular formula is C14H16N2O2. The fourth-order valence-corrected chi connectivity index (χ4v) is 1.74. The third kappa shape index (κ3) is 2.42. The second kappa shape index (κ2) is 5.04. The van der Waals surface area contributed by atoms with E-state index in [1.165, 1.54) is 10.7 Å². The summed E-state index contributed by atoms with van der Waals surface area (Å²) in [6.45, 7) is 4.44. The van der Waals surface area contributed by atoms with Gasteiger partial charge in [0.15, 0.2) is 0 Å². The molecule has 0 atom stereocenters. The summed E-state index contributed by atoms with van der Waals surface area (Å²) in [6, 6.07) is 8.58. The Morgan fingerprint density at radius 1 is 1.28 bits per heavy atom. The zero-order chi connectivity index (χ0) is 13.1. The second-order valence-corrected chi connectivity index (χ2v) is 4.28. The minimum Gasteiger partial charge on any atom is -0.508 e. The van der Waals surface area contributed by atoms with Gasteiger partial charge in [0.05, 0.1) is 5.69 Å². The van der Waals surface area contributed by atoms with Gasteiger partial charge in [-0.2, -0.15) is 5.10 Å². The molecule has 0 fully saturated rings. The highest BCUT2D eigenvalue weighted by molar-refractivity contribution is 5.61. The van der Waals surface area contributed by atoms with Gasteiger partial charge < -0.3 is 5.11 Å². The van der Waals surface area contributed by atoms with Crippen LogP contribution < -0.4 is 5.56 Å². The Morgan fingerprint density at radius 2 is 2.06 bits per heavy atom. The molecule has 1 aromatic heterocycles. The molecule has 0 amide bonds. The Morgan fingerprint density at radius 3 is 2.72 bits per heavy atom. The number of hydrogen-bond donors (Lipinski definition) is 1. The third-order valence-corrected chi connectivity index (χ3v) is 2.81. The minimum atomic E-state index is -0.100. The lowest BCUT2D eigenvalue weighted by Gasteiger charge is -2.07. The lowest BCUT2D eigenvalue weighted by Crippen LogP contribution is -2.21. The molecule has 0 aliphatic rings. The number of aromatic hydroxyl groups is 1. The molecule has 0 radical (unpaired) electrons. The fourth-order valence-electron chi connectivity index (χ4n) is 1.74. The Bertz CT molecular complexity index is 617. The molecule has 18 heavy (non-hydrogen) atoms. The van der Waals surface area contributed by atoms with Crippen molar-refractivity contribution in [3.8, 4) is 17.0 Å². The van der Waals surface area contributed by atoms with E-state index < -0.39 is 0 Å². The van der Waals surface area contributed by atoms with Crippen LogP contribution in [0, 0.1) is 6.92 Å². The summed E-state index contributed by atoms with van der Waals surface area (Å²) in [6.07, 6.45) is 0.857. The quantitative estimate of drug-likeness (QED) is 0.901. The first kappa shape index (κ1) is 12.4. The molecule has 4 heteroatoms. The van der Waals surface area contributed by atoms with Crippen molar-refractivity contribution in [3.63, 3.8) is 0 Å². The van der Waals surface area contributed by atoms with Crippen molar-refractivity contribution >= 4 is 0 Å². The molecular weight excluding hydrogens is 228 g/mol. The first-order valence-corrected chi connectivity index (χ1v) is 6.00. The lowest BCUT2D eigenvalue weighted by atomic mass is 10.1. The van der Waals surface area contributed by atoms with Crippen LogP contribution in [0.1, 0.15) is 18.9 Å². The normalized spacial score (nSPS) is 10.6. The molecule has 1 N–H and O–H groups in total. The topological polar surface area (TPSA) is 55.1 Å². The number of nitrogens with zero attached hydrogens (tertiary/aromatic N) is 2. The molecule has 0 spiro atoms. The standard InChI is InChI=1S/C14H16N2O2/c1-3-8-16-14(18)7-6-12(15-16)11-5-4-10(2)13(17)9-11/h4-7,9,17H,3,8H2,1-2H3. The summed E-state index contributed by atoms with van der Waals surface area (Å²) in [5, 5.41) is 14.0. The minimum absolute atomic E-state index is 0.100. The van der Waals surface area contributed by atoms with Gasteiger partial charge in [0, 0.05) is 18.2 Å². The van der Waals surface area contributed by atoms with Crippen molar-refractivity contribution in [2.45, 2.75) is 26.8 Å². The molecule has 0 unspecified atom stereocenters. The average Bonchev–Trinajstić information content (AvgIpc) is 2.36. The van der Waals surface area contributed by atoms with Gasteiger partial charge in [-0.15, -0.1) is 0 Å². The second-order valence-electron chi connectivity index (χ2n) is 4.28. The predicted molar refractivity (Wildman–Crippen MR) is 70.6 cm³/mol. The van der Waals surface area contributed by atoms with Gasteiger partial charge in [-0.25, -0.2) is 4.68 Å². The van der Waals surface area contributed by atoms with Gasteiger partial charge in [0.25, 0.3) is 5.56 Å². The summed E-state index contributed by atoms with van der Waals surface area (Å²) >= 11 is 0. The van der Waals surface area contributed by atoms with Crippen molar-refractivity contribution in [1.82, 2.24) is 9.78 Å². The Balaban J connectivity index is 2.47. The third-order valence-electron chi connectivity index (χ3n) is 2.81. The molecule has 2 rings (SSSR count). The molecule has 0 saturated heterocycles. The van der Waals surface area contributed by atoms with Gasteiger partial charge in [0.1, 0.15) is 5.75 Å². The number of hydrogen-bond acceptors (Lipinski definition) is 3. The van der Waals surface area contributed by atoms with E-state index in [2.05, 4.69) is 5.10 Å². The van der Waals surface area contributed by atoms with Crippen LogP contribution in [0.25, 0.3) is 11.3 Å². The number of phenols is 1. The van der Waals surface area contributed by atoms with E-state index in [-0.39, 0.29) is 11.3 Å². The highest BCUT2D eigenvalue weighted by Crippen LogP contribution is 2.23. The number of benzene rings is 1. The van der Waals surface area contributed by atoms with Crippen LogP contribution >= 0.6 is 0 Å². The summed E-state index contributed by atoms with van der Waals surface area (Å²) in [5.41, 5.74) is 2.22. The first-order chi connectivity index (χ1) is 8.61. The molecule has 2 aromatic rings. The summed E-state index contributed by atoms with van der Waals surface area (Å²) in [5.74, 6) is 0.238. The van der Waals surface area contributed by atoms with Gasteiger partial charge in [-0.3, -0.25) is 4.79 Å². The molecule has 0 aliphatic carbocycles. The van der Waals surface area contributed by atoms with Crippen LogP contribution in [0.3, 0.4) is 0 Å². The molecule has 94 valence electrons. The Kier molecular flexibility index (Phi) is 3.46. The lowest BCUT2D eigenvalue weighted by molar-refractivity contribution is 0.471. The van der Waals surface area contributed by atoms with E-state index in [1.54, 1.807) is 12.1 Å². The van der Waals surface area contributed by atoms with Crippen molar-refractivity contribution < 1.29 is 5.11 Å². The van der Waals surface area contributed by atoms with Crippen molar-refractivity contribution in [3.05, 3.63) is 46.2 Å². The highest BCUT2D eigenvalue weighted by atomic mass is 16.3. The zero-order valence-electron chi connectivity index (χ0n) is 10.6. The molecule has 1 heterocycles.